The molecule has 0 rings (SSSR count). The first-order chi connectivity index (χ1) is 17.0. The zero-order valence-electron chi connectivity index (χ0n) is 24.1. The Bertz CT molecular complexity index is 480. The summed E-state index contributed by atoms with van der Waals surface area (Å²) in [5, 5.41) is 2.85. The Kier molecular flexibility index (Phi) is 25.2. The van der Waals surface area contributed by atoms with Gasteiger partial charge in [0, 0.05) is 6.42 Å². The number of esters is 1. The van der Waals surface area contributed by atoms with E-state index in [2.05, 4.69) is 26.1 Å². The molecular formula is C31H61NO3. The van der Waals surface area contributed by atoms with Crippen LogP contribution >= 0.6 is 0 Å². The SMILES string of the molecule is CCCCCCCCCCCC(=O)N[C@@H](C)C(=O)OCC(CCCCCC)CCCCCCCC. The Labute approximate surface area is 219 Å². The molecule has 0 aromatic heterocycles. The fraction of sp³-hybridized carbons (Fsp3) is 0.935. The minimum absolute atomic E-state index is 0.0272. The van der Waals surface area contributed by atoms with Gasteiger partial charge < -0.3 is 10.1 Å². The second-order valence-corrected chi connectivity index (χ2v) is 10.8. The predicted octanol–water partition coefficient (Wildman–Crippen LogP) is 9.29. The van der Waals surface area contributed by atoms with E-state index in [1.165, 1.54) is 109 Å². The quantitative estimate of drug-likeness (QED) is 0.0960. The summed E-state index contributed by atoms with van der Waals surface area (Å²) >= 11 is 0. The average Bonchev–Trinajstić information content (AvgIpc) is 2.85. The first-order valence-electron chi connectivity index (χ1n) is 15.5. The Morgan fingerprint density at radius 2 is 1.00 bits per heavy atom. The summed E-state index contributed by atoms with van der Waals surface area (Å²) in [7, 11) is 0. The number of ether oxygens (including phenoxy) is 1. The van der Waals surface area contributed by atoms with Crippen molar-refractivity contribution in [3.05, 3.63) is 0 Å². The number of carbonyl (C=O) groups excluding carboxylic acids is 2. The third-order valence-electron chi connectivity index (χ3n) is 7.13. The highest BCUT2D eigenvalue weighted by Crippen LogP contribution is 2.19. The van der Waals surface area contributed by atoms with Gasteiger partial charge in [0.25, 0.3) is 0 Å². The first-order valence-corrected chi connectivity index (χ1v) is 15.5. The molecule has 0 saturated carbocycles. The number of hydrogen-bond donors (Lipinski definition) is 1. The monoisotopic (exact) mass is 495 g/mol. The number of nitrogens with one attached hydrogen (secondary N) is 1. The molecule has 0 aliphatic carbocycles. The second-order valence-electron chi connectivity index (χ2n) is 10.8. The van der Waals surface area contributed by atoms with Crippen molar-refractivity contribution in [3.63, 3.8) is 0 Å². The van der Waals surface area contributed by atoms with Gasteiger partial charge in [-0.25, -0.2) is 4.79 Å². The number of amides is 1. The molecule has 0 radical (unpaired) electrons. The van der Waals surface area contributed by atoms with Crippen LogP contribution in [0.15, 0.2) is 0 Å². The van der Waals surface area contributed by atoms with Gasteiger partial charge in [-0.15, -0.1) is 0 Å². The van der Waals surface area contributed by atoms with Crippen molar-refractivity contribution < 1.29 is 14.3 Å². The maximum Gasteiger partial charge on any atom is 0.328 e. The van der Waals surface area contributed by atoms with Gasteiger partial charge in [0.05, 0.1) is 6.61 Å². The van der Waals surface area contributed by atoms with Crippen LogP contribution in [0, 0.1) is 5.92 Å². The molecule has 0 spiro atoms. The standard InChI is InChI=1S/C31H61NO3/c1-5-8-11-14-16-17-18-20-23-26-30(33)32-28(4)31(34)35-27-29(24-21-13-10-7-3)25-22-19-15-12-9-6-2/h28-29H,5-27H2,1-4H3,(H,32,33)/t28-,29?/m0/s1. The highest BCUT2D eigenvalue weighted by molar-refractivity contribution is 5.84. The maximum absolute atomic E-state index is 12.5. The van der Waals surface area contributed by atoms with Gasteiger partial charge in [-0.1, -0.05) is 136 Å². The predicted molar refractivity (Wildman–Crippen MR) is 151 cm³/mol. The molecule has 1 amide bonds. The van der Waals surface area contributed by atoms with E-state index in [0.29, 0.717) is 18.9 Å². The smallest absolute Gasteiger partial charge is 0.328 e. The van der Waals surface area contributed by atoms with E-state index in [0.717, 1.165) is 25.7 Å². The molecule has 208 valence electrons. The Morgan fingerprint density at radius 1 is 0.600 bits per heavy atom. The van der Waals surface area contributed by atoms with Crippen molar-refractivity contribution in [2.24, 2.45) is 5.92 Å². The maximum atomic E-state index is 12.5. The van der Waals surface area contributed by atoms with Gasteiger partial charge in [-0.3, -0.25) is 4.79 Å². The van der Waals surface area contributed by atoms with Crippen LogP contribution in [-0.4, -0.2) is 24.5 Å². The van der Waals surface area contributed by atoms with Gasteiger partial charge >= 0.3 is 5.97 Å². The molecule has 0 aromatic rings. The zero-order chi connectivity index (χ0) is 26.0. The molecule has 2 atom stereocenters. The second kappa shape index (κ2) is 26.0. The molecule has 1 N–H and O–H groups in total. The van der Waals surface area contributed by atoms with Gasteiger partial charge in [0.2, 0.25) is 5.91 Å². The molecule has 4 nitrogen and oxygen atoms in total. The van der Waals surface area contributed by atoms with Gasteiger partial charge in [-0.05, 0) is 32.1 Å². The molecule has 35 heavy (non-hydrogen) atoms. The van der Waals surface area contributed by atoms with E-state index in [4.69, 9.17) is 4.74 Å². The van der Waals surface area contributed by atoms with Crippen LogP contribution in [0.2, 0.25) is 0 Å². The summed E-state index contributed by atoms with van der Waals surface area (Å²) < 4.78 is 5.66. The Balaban J connectivity index is 4.08. The van der Waals surface area contributed by atoms with Gasteiger partial charge in [0.15, 0.2) is 0 Å². The van der Waals surface area contributed by atoms with E-state index < -0.39 is 6.04 Å². The summed E-state index contributed by atoms with van der Waals surface area (Å²) in [4.78, 5) is 24.7. The van der Waals surface area contributed by atoms with E-state index in [9.17, 15) is 9.59 Å². The molecular weight excluding hydrogens is 434 g/mol. The van der Waals surface area contributed by atoms with Crippen molar-refractivity contribution in [1.82, 2.24) is 5.32 Å². The largest absolute Gasteiger partial charge is 0.464 e. The zero-order valence-corrected chi connectivity index (χ0v) is 24.1. The van der Waals surface area contributed by atoms with Crippen molar-refractivity contribution in [2.45, 2.75) is 175 Å². The van der Waals surface area contributed by atoms with Crippen molar-refractivity contribution in [3.8, 4) is 0 Å². The van der Waals surface area contributed by atoms with Gasteiger partial charge in [0.1, 0.15) is 6.04 Å². The summed E-state index contributed by atoms with van der Waals surface area (Å²) in [5.41, 5.74) is 0. The topological polar surface area (TPSA) is 55.4 Å². The third-order valence-corrected chi connectivity index (χ3v) is 7.13. The lowest BCUT2D eigenvalue weighted by molar-refractivity contribution is -0.148. The normalized spacial score (nSPS) is 12.9. The number of unbranched alkanes of at least 4 members (excludes halogenated alkanes) is 16. The fourth-order valence-electron chi connectivity index (χ4n) is 4.68. The third kappa shape index (κ3) is 23.1. The molecule has 0 bridgehead atoms. The summed E-state index contributed by atoms with van der Waals surface area (Å²) in [5.74, 6) is 0.138. The average molecular weight is 496 g/mol. The first kappa shape index (κ1) is 33.9. The Morgan fingerprint density at radius 3 is 1.49 bits per heavy atom. The van der Waals surface area contributed by atoms with Crippen molar-refractivity contribution in [2.75, 3.05) is 6.61 Å². The van der Waals surface area contributed by atoms with Crippen LogP contribution in [0.25, 0.3) is 0 Å². The molecule has 1 unspecified atom stereocenters. The minimum atomic E-state index is -0.559. The van der Waals surface area contributed by atoms with Crippen LogP contribution in [-0.2, 0) is 14.3 Å². The van der Waals surface area contributed by atoms with E-state index >= 15 is 0 Å². The fourth-order valence-corrected chi connectivity index (χ4v) is 4.68. The summed E-state index contributed by atoms with van der Waals surface area (Å²) in [6.07, 6.45) is 26.7. The van der Waals surface area contributed by atoms with Crippen LogP contribution in [0.1, 0.15) is 169 Å². The summed E-state index contributed by atoms with van der Waals surface area (Å²) in [6, 6.07) is -0.559. The molecule has 4 heteroatoms. The van der Waals surface area contributed by atoms with E-state index in [1.54, 1.807) is 6.92 Å². The van der Waals surface area contributed by atoms with Crippen molar-refractivity contribution in [1.29, 1.82) is 0 Å². The Hall–Kier alpha value is -1.06. The lowest BCUT2D eigenvalue weighted by Gasteiger charge is -2.19. The van der Waals surface area contributed by atoms with E-state index in [-0.39, 0.29) is 11.9 Å². The van der Waals surface area contributed by atoms with E-state index in [1.807, 2.05) is 0 Å². The molecule has 0 aromatic carbocycles. The molecule has 0 fully saturated rings. The van der Waals surface area contributed by atoms with Crippen molar-refractivity contribution >= 4 is 11.9 Å². The number of rotatable bonds is 26. The highest BCUT2D eigenvalue weighted by atomic mass is 16.5. The lowest BCUT2D eigenvalue weighted by Crippen LogP contribution is -2.40. The van der Waals surface area contributed by atoms with Gasteiger partial charge in [-0.2, -0.15) is 0 Å². The van der Waals surface area contributed by atoms with Crippen LogP contribution in [0.5, 0.6) is 0 Å². The number of carbonyl (C=O) groups is 2. The minimum Gasteiger partial charge on any atom is -0.464 e. The summed E-state index contributed by atoms with van der Waals surface area (Å²) in [6.45, 7) is 8.98. The molecule has 0 heterocycles. The lowest BCUT2D eigenvalue weighted by atomic mass is 9.95. The molecule has 0 saturated heterocycles. The van der Waals surface area contributed by atoms with Crippen LogP contribution in [0.3, 0.4) is 0 Å². The highest BCUT2D eigenvalue weighted by Gasteiger charge is 2.19. The van der Waals surface area contributed by atoms with Crippen LogP contribution < -0.4 is 5.32 Å². The molecule has 0 aliphatic heterocycles. The molecule has 0 aliphatic rings. The number of hydrogen-bond acceptors (Lipinski definition) is 3. The van der Waals surface area contributed by atoms with Crippen LogP contribution in [0.4, 0.5) is 0 Å².